The van der Waals surface area contributed by atoms with E-state index < -0.39 is 0 Å². The van der Waals surface area contributed by atoms with Gasteiger partial charge >= 0.3 is 0 Å². The molecule has 0 saturated carbocycles. The van der Waals surface area contributed by atoms with Gasteiger partial charge < -0.3 is 9.97 Å². The SMILES string of the molecule is Cc1cccnc1-c1[c-]cccc1.[Ir].[c-]1cccc2c1c1nccc3sc4cccc2c4c31. The molecule has 0 aliphatic carbocycles. The van der Waals surface area contributed by atoms with E-state index in [2.05, 4.69) is 71.5 Å². The number of rotatable bonds is 1. The Bertz CT molecular complexity index is 1600. The van der Waals surface area contributed by atoms with Crippen molar-refractivity contribution in [3.05, 3.63) is 109 Å². The minimum atomic E-state index is 0. The van der Waals surface area contributed by atoms with Gasteiger partial charge in [-0.15, -0.1) is 76.9 Å². The van der Waals surface area contributed by atoms with E-state index in [1.165, 1.54) is 36.5 Å². The fourth-order valence-corrected chi connectivity index (χ4v) is 5.47. The van der Waals surface area contributed by atoms with Gasteiger partial charge in [-0.2, -0.15) is 0 Å². The maximum Gasteiger partial charge on any atom is 0.0345 e. The van der Waals surface area contributed by atoms with Crippen LogP contribution >= 0.6 is 11.3 Å². The second-order valence-corrected chi connectivity index (χ2v) is 8.80. The van der Waals surface area contributed by atoms with Crippen LogP contribution in [0.5, 0.6) is 0 Å². The first kappa shape index (κ1) is 21.7. The van der Waals surface area contributed by atoms with Gasteiger partial charge in [0, 0.05) is 41.9 Å². The smallest absolute Gasteiger partial charge is 0.0345 e. The molecule has 4 aromatic carbocycles. The summed E-state index contributed by atoms with van der Waals surface area (Å²) in [4.78, 5) is 8.93. The van der Waals surface area contributed by atoms with Crippen molar-refractivity contribution in [2.75, 3.05) is 0 Å². The van der Waals surface area contributed by atoms with Gasteiger partial charge in [0.2, 0.25) is 0 Å². The molecule has 7 rings (SSSR count). The first-order valence-electron chi connectivity index (χ1n) is 10.5. The molecule has 0 fully saturated rings. The van der Waals surface area contributed by atoms with Crippen molar-refractivity contribution in [2.24, 2.45) is 0 Å². The number of benzene rings is 4. The Morgan fingerprint density at radius 1 is 0.697 bits per heavy atom. The third kappa shape index (κ3) is 3.71. The zero-order valence-corrected chi connectivity index (χ0v) is 21.0. The maximum absolute atomic E-state index is 4.61. The van der Waals surface area contributed by atoms with Crippen LogP contribution in [-0.4, -0.2) is 9.97 Å². The van der Waals surface area contributed by atoms with Crippen LogP contribution in [0.15, 0.2) is 91.3 Å². The van der Waals surface area contributed by atoms with Gasteiger partial charge in [-0.3, -0.25) is 0 Å². The molecule has 0 bridgehead atoms. The molecule has 0 atom stereocenters. The van der Waals surface area contributed by atoms with E-state index in [0.29, 0.717) is 0 Å². The van der Waals surface area contributed by atoms with Crippen LogP contribution in [0.3, 0.4) is 0 Å². The summed E-state index contributed by atoms with van der Waals surface area (Å²) in [5.41, 5.74) is 4.34. The maximum atomic E-state index is 4.61. The first-order chi connectivity index (χ1) is 15.8. The quantitative estimate of drug-likeness (QED) is 0.138. The predicted molar refractivity (Wildman–Crippen MR) is 135 cm³/mol. The monoisotopic (exact) mass is 619 g/mol. The molecule has 0 aliphatic rings. The summed E-state index contributed by atoms with van der Waals surface area (Å²) in [6, 6.07) is 33.3. The molecule has 3 heterocycles. The minimum absolute atomic E-state index is 0. The summed E-state index contributed by atoms with van der Waals surface area (Å²) in [5, 5.41) is 6.35. The molecule has 1 radical (unpaired) electrons. The summed E-state index contributed by atoms with van der Waals surface area (Å²) < 4.78 is 2.66. The fraction of sp³-hybridized carbons (Fsp3) is 0.0345. The number of hydrogen-bond donors (Lipinski definition) is 0. The molecule has 3 aromatic heterocycles. The van der Waals surface area contributed by atoms with Crippen molar-refractivity contribution in [2.45, 2.75) is 6.92 Å². The molecule has 4 heteroatoms. The molecule has 0 saturated heterocycles. The van der Waals surface area contributed by atoms with E-state index in [-0.39, 0.29) is 20.1 Å². The van der Waals surface area contributed by atoms with Crippen LogP contribution < -0.4 is 0 Å². The minimum Gasteiger partial charge on any atom is -0.304 e. The van der Waals surface area contributed by atoms with E-state index in [1.54, 1.807) is 0 Å². The fourth-order valence-electron chi connectivity index (χ4n) is 4.34. The Balaban J connectivity index is 0.000000144. The number of fused-ring (bicyclic) bond motifs is 3. The number of pyridine rings is 2. The molecule has 7 aromatic rings. The molecule has 0 spiro atoms. The molecular formula is C29H18IrN2S-2. The van der Waals surface area contributed by atoms with Crippen molar-refractivity contribution in [3.8, 4) is 11.3 Å². The molecule has 0 aliphatic heterocycles. The molecular weight excluding hydrogens is 601 g/mol. The van der Waals surface area contributed by atoms with Crippen LogP contribution in [0.4, 0.5) is 0 Å². The Labute approximate surface area is 209 Å². The van der Waals surface area contributed by atoms with E-state index in [9.17, 15) is 0 Å². The van der Waals surface area contributed by atoms with Crippen molar-refractivity contribution in [1.29, 1.82) is 0 Å². The Morgan fingerprint density at radius 2 is 1.55 bits per heavy atom. The zero-order valence-electron chi connectivity index (χ0n) is 17.8. The van der Waals surface area contributed by atoms with Gasteiger partial charge in [0.15, 0.2) is 0 Å². The van der Waals surface area contributed by atoms with Gasteiger partial charge in [-0.1, -0.05) is 34.5 Å². The second kappa shape index (κ2) is 8.99. The normalized spacial score (nSPS) is 10.9. The average Bonchev–Trinajstić information content (AvgIpc) is 3.24. The Kier molecular flexibility index (Phi) is 5.90. The van der Waals surface area contributed by atoms with E-state index in [0.717, 1.165) is 22.2 Å². The van der Waals surface area contributed by atoms with Crippen LogP contribution in [0.2, 0.25) is 0 Å². The van der Waals surface area contributed by atoms with Gasteiger partial charge in [-0.25, -0.2) is 0 Å². The van der Waals surface area contributed by atoms with Crippen LogP contribution in [0.1, 0.15) is 5.56 Å². The Morgan fingerprint density at radius 3 is 2.39 bits per heavy atom. The Hall–Kier alpha value is -3.17. The molecule has 161 valence electrons. The van der Waals surface area contributed by atoms with Gasteiger partial charge in [0.25, 0.3) is 0 Å². The summed E-state index contributed by atoms with van der Waals surface area (Å²) in [5.74, 6) is 0. The summed E-state index contributed by atoms with van der Waals surface area (Å²) in [6.07, 6.45) is 3.71. The number of nitrogens with zero attached hydrogens (tertiary/aromatic N) is 2. The topological polar surface area (TPSA) is 25.8 Å². The van der Waals surface area contributed by atoms with Crippen molar-refractivity contribution < 1.29 is 20.1 Å². The predicted octanol–water partition coefficient (Wildman–Crippen LogP) is 7.85. The summed E-state index contributed by atoms with van der Waals surface area (Å²) in [6.45, 7) is 2.06. The molecule has 0 N–H and O–H groups in total. The van der Waals surface area contributed by atoms with E-state index in [4.69, 9.17) is 0 Å². The van der Waals surface area contributed by atoms with Crippen LogP contribution in [0.25, 0.3) is 53.1 Å². The zero-order chi connectivity index (χ0) is 21.5. The average molecular weight is 619 g/mol. The third-order valence-electron chi connectivity index (χ3n) is 5.77. The molecule has 0 unspecified atom stereocenters. The first-order valence-corrected chi connectivity index (χ1v) is 11.3. The van der Waals surface area contributed by atoms with Crippen LogP contribution in [-0.2, 0) is 20.1 Å². The second-order valence-electron chi connectivity index (χ2n) is 7.72. The van der Waals surface area contributed by atoms with Crippen molar-refractivity contribution in [1.82, 2.24) is 9.97 Å². The van der Waals surface area contributed by atoms with E-state index in [1.807, 2.05) is 60.1 Å². The number of aryl methyl sites for hydroxylation is 1. The number of aromatic nitrogens is 2. The third-order valence-corrected chi connectivity index (χ3v) is 6.89. The summed E-state index contributed by atoms with van der Waals surface area (Å²) in [7, 11) is 0. The van der Waals surface area contributed by atoms with Gasteiger partial charge in [0.1, 0.15) is 0 Å². The number of thiophene rings is 1. The van der Waals surface area contributed by atoms with E-state index >= 15 is 0 Å². The van der Waals surface area contributed by atoms with Crippen LogP contribution in [0, 0.1) is 19.1 Å². The molecule has 0 amide bonds. The van der Waals surface area contributed by atoms with Gasteiger partial charge in [-0.05, 0) is 47.1 Å². The standard InChI is InChI=1S/C17H8NS.C12H10N.Ir/c1-2-5-12-10(4-1)11-6-3-7-13-15(11)16-14(19-13)8-9-18-17(12)16;1-10-6-5-9-13-12(10)11-7-3-2-4-8-11;/h1-4,6-9H;2-7,9H,1H3;/q2*-1;. The molecule has 2 nitrogen and oxygen atoms in total. The van der Waals surface area contributed by atoms with Gasteiger partial charge in [0.05, 0.1) is 0 Å². The number of hydrogen-bond acceptors (Lipinski definition) is 3. The van der Waals surface area contributed by atoms with Crippen molar-refractivity contribution in [3.63, 3.8) is 0 Å². The van der Waals surface area contributed by atoms with Crippen molar-refractivity contribution >= 4 is 53.2 Å². The largest absolute Gasteiger partial charge is 0.304 e. The summed E-state index contributed by atoms with van der Waals surface area (Å²) >= 11 is 1.85. The molecule has 33 heavy (non-hydrogen) atoms.